The fourth-order valence-corrected chi connectivity index (χ4v) is 4.15. The van der Waals surface area contributed by atoms with Crippen molar-refractivity contribution in [3.8, 4) is 10.6 Å². The first kappa shape index (κ1) is 23.0. The Balaban J connectivity index is 1.40. The van der Waals surface area contributed by atoms with Gasteiger partial charge in [0.2, 0.25) is 11.8 Å². The van der Waals surface area contributed by atoms with Crippen molar-refractivity contribution < 1.29 is 22.8 Å². The van der Waals surface area contributed by atoms with Crippen molar-refractivity contribution in [1.29, 1.82) is 0 Å². The Bertz CT molecular complexity index is 1110. The molecule has 2 amide bonds. The van der Waals surface area contributed by atoms with Crippen LogP contribution in [0.15, 0.2) is 60.0 Å². The lowest BCUT2D eigenvalue weighted by Gasteiger charge is -2.18. The molecular formula is C24H22F3N3O2S. The third-order valence-corrected chi connectivity index (χ3v) is 6.15. The highest BCUT2D eigenvalue weighted by Gasteiger charge is 2.30. The molecular weight excluding hydrogens is 451 g/mol. The largest absolute Gasteiger partial charge is 0.416 e. The molecule has 4 rings (SSSR count). The van der Waals surface area contributed by atoms with E-state index in [2.05, 4.69) is 15.6 Å². The highest BCUT2D eigenvalue weighted by molar-refractivity contribution is 7.13. The van der Waals surface area contributed by atoms with E-state index in [0.29, 0.717) is 22.7 Å². The number of nitrogens with one attached hydrogen (secondary N) is 2. The molecule has 172 valence electrons. The summed E-state index contributed by atoms with van der Waals surface area (Å²) in [6, 6.07) is 13.7. The molecule has 1 saturated carbocycles. The summed E-state index contributed by atoms with van der Waals surface area (Å²) < 4.78 is 38.3. The van der Waals surface area contributed by atoms with Gasteiger partial charge in [-0.05, 0) is 30.5 Å². The normalized spacial score (nSPS) is 14.5. The van der Waals surface area contributed by atoms with E-state index in [0.717, 1.165) is 30.5 Å². The SMILES string of the molecule is O=C(Cc1csc(-c2ccc(C(F)(F)F)cc2)n1)NC(Cc1ccccc1)C(=O)NC1CC1. The van der Waals surface area contributed by atoms with Gasteiger partial charge in [-0.1, -0.05) is 42.5 Å². The maximum absolute atomic E-state index is 12.8. The van der Waals surface area contributed by atoms with E-state index >= 15 is 0 Å². The fraction of sp³-hybridized carbons (Fsp3) is 0.292. The minimum atomic E-state index is -4.40. The lowest BCUT2D eigenvalue weighted by atomic mass is 10.0. The van der Waals surface area contributed by atoms with Crippen LogP contribution in [0.5, 0.6) is 0 Å². The first-order valence-corrected chi connectivity index (χ1v) is 11.4. The van der Waals surface area contributed by atoms with Gasteiger partial charge in [0.1, 0.15) is 11.0 Å². The molecule has 5 nitrogen and oxygen atoms in total. The molecule has 2 aromatic carbocycles. The minimum absolute atomic E-state index is 0.0286. The molecule has 1 aromatic heterocycles. The van der Waals surface area contributed by atoms with Gasteiger partial charge in [-0.25, -0.2) is 4.98 Å². The Morgan fingerprint density at radius 2 is 1.76 bits per heavy atom. The molecule has 1 atom stereocenters. The molecule has 1 unspecified atom stereocenters. The molecule has 0 saturated heterocycles. The van der Waals surface area contributed by atoms with Gasteiger partial charge in [0.05, 0.1) is 17.7 Å². The van der Waals surface area contributed by atoms with Gasteiger partial charge in [-0.15, -0.1) is 11.3 Å². The number of thiazole rings is 1. The van der Waals surface area contributed by atoms with Crippen molar-refractivity contribution in [1.82, 2.24) is 15.6 Å². The predicted octanol–water partition coefficient (Wildman–Crippen LogP) is 4.38. The van der Waals surface area contributed by atoms with E-state index in [1.54, 1.807) is 5.38 Å². The van der Waals surface area contributed by atoms with Crippen LogP contribution in [0.3, 0.4) is 0 Å². The quantitative estimate of drug-likeness (QED) is 0.510. The Labute approximate surface area is 193 Å². The van der Waals surface area contributed by atoms with Crippen molar-refractivity contribution in [3.63, 3.8) is 0 Å². The van der Waals surface area contributed by atoms with Crippen molar-refractivity contribution in [2.75, 3.05) is 0 Å². The summed E-state index contributed by atoms with van der Waals surface area (Å²) in [4.78, 5) is 29.7. The number of carbonyl (C=O) groups excluding carboxylic acids is 2. The number of benzene rings is 2. The number of halogens is 3. The summed E-state index contributed by atoms with van der Waals surface area (Å²) in [5, 5.41) is 7.97. The van der Waals surface area contributed by atoms with Gasteiger partial charge in [-0.2, -0.15) is 13.2 Å². The van der Waals surface area contributed by atoms with Crippen LogP contribution in [-0.4, -0.2) is 28.9 Å². The summed E-state index contributed by atoms with van der Waals surface area (Å²) in [6.45, 7) is 0. The second-order valence-corrected chi connectivity index (χ2v) is 8.85. The molecule has 3 aromatic rings. The molecule has 0 radical (unpaired) electrons. The Hall–Kier alpha value is -3.20. The van der Waals surface area contributed by atoms with Crippen LogP contribution in [0.4, 0.5) is 13.2 Å². The second kappa shape index (κ2) is 9.74. The number of carbonyl (C=O) groups is 2. The lowest BCUT2D eigenvalue weighted by molar-refractivity contribution is -0.137. The van der Waals surface area contributed by atoms with Crippen LogP contribution < -0.4 is 10.6 Å². The summed E-state index contributed by atoms with van der Waals surface area (Å²) in [5.74, 6) is -0.551. The van der Waals surface area contributed by atoms with Crippen molar-refractivity contribution in [2.24, 2.45) is 0 Å². The fourth-order valence-electron chi connectivity index (χ4n) is 3.32. The highest BCUT2D eigenvalue weighted by atomic mass is 32.1. The molecule has 9 heteroatoms. The van der Waals surface area contributed by atoms with E-state index in [1.807, 2.05) is 30.3 Å². The molecule has 1 aliphatic carbocycles. The average Bonchev–Trinajstić information content (AvgIpc) is 3.48. The van der Waals surface area contributed by atoms with E-state index in [9.17, 15) is 22.8 Å². The number of aromatic nitrogens is 1. The monoisotopic (exact) mass is 473 g/mol. The summed E-state index contributed by atoms with van der Waals surface area (Å²) in [7, 11) is 0. The number of nitrogens with zero attached hydrogens (tertiary/aromatic N) is 1. The number of hydrogen-bond acceptors (Lipinski definition) is 4. The molecule has 33 heavy (non-hydrogen) atoms. The topological polar surface area (TPSA) is 71.1 Å². The van der Waals surface area contributed by atoms with Gasteiger partial charge in [0, 0.05) is 23.4 Å². The molecule has 0 spiro atoms. The molecule has 1 fully saturated rings. The van der Waals surface area contributed by atoms with Crippen LogP contribution >= 0.6 is 11.3 Å². The molecule has 0 bridgehead atoms. The summed E-state index contributed by atoms with van der Waals surface area (Å²) >= 11 is 1.25. The van der Waals surface area contributed by atoms with Crippen LogP contribution in [0.25, 0.3) is 10.6 Å². The van der Waals surface area contributed by atoms with Gasteiger partial charge in [0.15, 0.2) is 0 Å². The van der Waals surface area contributed by atoms with E-state index < -0.39 is 17.8 Å². The minimum Gasteiger partial charge on any atom is -0.352 e. The van der Waals surface area contributed by atoms with Gasteiger partial charge in [-0.3, -0.25) is 9.59 Å². The van der Waals surface area contributed by atoms with Gasteiger partial charge < -0.3 is 10.6 Å². The second-order valence-electron chi connectivity index (χ2n) is 7.99. The zero-order valence-electron chi connectivity index (χ0n) is 17.6. The van der Waals surface area contributed by atoms with E-state index in [-0.39, 0.29) is 24.3 Å². The zero-order valence-corrected chi connectivity index (χ0v) is 18.4. The first-order valence-electron chi connectivity index (χ1n) is 10.5. The number of hydrogen-bond donors (Lipinski definition) is 2. The maximum Gasteiger partial charge on any atom is 0.416 e. The van der Waals surface area contributed by atoms with Crippen LogP contribution in [0.2, 0.25) is 0 Å². The smallest absolute Gasteiger partial charge is 0.352 e. The Kier molecular flexibility index (Phi) is 6.78. The number of rotatable bonds is 8. The zero-order chi connectivity index (χ0) is 23.4. The molecule has 2 N–H and O–H groups in total. The molecule has 1 aliphatic rings. The summed E-state index contributed by atoms with van der Waals surface area (Å²) in [6.07, 6.45) is -2.16. The maximum atomic E-state index is 12.8. The van der Waals surface area contributed by atoms with Crippen molar-refractivity contribution >= 4 is 23.2 Å². The number of amides is 2. The van der Waals surface area contributed by atoms with Crippen LogP contribution in [-0.2, 0) is 28.6 Å². The Morgan fingerprint density at radius 1 is 1.06 bits per heavy atom. The molecule has 1 heterocycles. The van der Waals surface area contributed by atoms with Crippen molar-refractivity contribution in [2.45, 2.75) is 43.9 Å². The third kappa shape index (κ3) is 6.41. The first-order chi connectivity index (χ1) is 15.8. The van der Waals surface area contributed by atoms with Crippen molar-refractivity contribution in [3.05, 3.63) is 76.8 Å². The summed E-state index contributed by atoms with van der Waals surface area (Å²) in [5.41, 5.74) is 1.25. The predicted molar refractivity (Wildman–Crippen MR) is 119 cm³/mol. The van der Waals surface area contributed by atoms with E-state index in [1.165, 1.54) is 23.5 Å². The standard InChI is InChI=1S/C24H22F3N3O2S/c25-24(26,27)17-8-6-16(7-9-17)23-29-19(14-33-23)13-21(31)30-20(22(32)28-18-10-11-18)12-15-4-2-1-3-5-15/h1-9,14,18,20H,10-13H2,(H,28,32)(H,30,31). The average molecular weight is 474 g/mol. The highest BCUT2D eigenvalue weighted by Crippen LogP contribution is 2.31. The van der Waals surface area contributed by atoms with Gasteiger partial charge in [0.25, 0.3) is 0 Å². The van der Waals surface area contributed by atoms with Gasteiger partial charge >= 0.3 is 6.18 Å². The van der Waals surface area contributed by atoms with Crippen LogP contribution in [0.1, 0.15) is 29.7 Å². The van der Waals surface area contributed by atoms with Crippen LogP contribution in [0, 0.1) is 0 Å². The van der Waals surface area contributed by atoms with E-state index in [4.69, 9.17) is 0 Å². The lowest BCUT2D eigenvalue weighted by Crippen LogP contribution is -2.49. The third-order valence-electron chi connectivity index (χ3n) is 5.21. The Morgan fingerprint density at radius 3 is 2.39 bits per heavy atom. The number of alkyl halides is 3. The molecule has 0 aliphatic heterocycles.